The van der Waals surface area contributed by atoms with Gasteiger partial charge in [0.25, 0.3) is 0 Å². The van der Waals surface area contributed by atoms with Crippen LogP contribution < -0.4 is 5.32 Å². The highest BCUT2D eigenvalue weighted by Gasteiger charge is 2.31. The predicted octanol–water partition coefficient (Wildman–Crippen LogP) is 0.981. The molecule has 0 aromatic carbocycles. The Bertz CT molecular complexity index is 282. The van der Waals surface area contributed by atoms with Crippen LogP contribution in [0.4, 0.5) is 4.79 Å². The standard InChI is InChI=1S/C11H21NO5/c1-6(2)7(8(13)9(14)15)12-10(16)17-11(3,4)5/h6-8,13H,1-5H3,(H,12,16)(H,14,15). The molecule has 2 unspecified atom stereocenters. The van der Waals surface area contributed by atoms with E-state index in [1.807, 2.05) is 0 Å². The molecule has 0 aliphatic carbocycles. The molecule has 100 valence electrons. The van der Waals surface area contributed by atoms with Crippen molar-refractivity contribution in [3.63, 3.8) is 0 Å². The van der Waals surface area contributed by atoms with Gasteiger partial charge in [-0.25, -0.2) is 9.59 Å². The quantitative estimate of drug-likeness (QED) is 0.688. The molecule has 0 aromatic heterocycles. The molecule has 1 amide bonds. The number of aliphatic carboxylic acids is 1. The summed E-state index contributed by atoms with van der Waals surface area (Å²) < 4.78 is 4.99. The minimum Gasteiger partial charge on any atom is -0.479 e. The van der Waals surface area contributed by atoms with E-state index in [2.05, 4.69) is 5.32 Å². The number of nitrogens with one attached hydrogen (secondary N) is 1. The number of aliphatic hydroxyl groups is 1. The van der Waals surface area contributed by atoms with Crippen molar-refractivity contribution >= 4 is 12.1 Å². The molecular weight excluding hydrogens is 226 g/mol. The molecular formula is C11H21NO5. The fraction of sp³-hybridized carbons (Fsp3) is 0.818. The summed E-state index contributed by atoms with van der Waals surface area (Å²) in [6.07, 6.45) is -2.39. The van der Waals surface area contributed by atoms with Gasteiger partial charge in [0.05, 0.1) is 6.04 Å². The maximum Gasteiger partial charge on any atom is 0.407 e. The number of hydrogen-bond acceptors (Lipinski definition) is 4. The van der Waals surface area contributed by atoms with Crippen LogP contribution in [0.1, 0.15) is 34.6 Å². The van der Waals surface area contributed by atoms with E-state index in [-0.39, 0.29) is 5.92 Å². The van der Waals surface area contributed by atoms with Crippen molar-refractivity contribution in [3.8, 4) is 0 Å². The summed E-state index contributed by atoms with van der Waals surface area (Å²) in [5, 5.41) is 20.5. The van der Waals surface area contributed by atoms with Crippen LogP contribution >= 0.6 is 0 Å². The number of carbonyl (C=O) groups excluding carboxylic acids is 1. The first-order valence-corrected chi connectivity index (χ1v) is 5.45. The van der Waals surface area contributed by atoms with Gasteiger partial charge in [0, 0.05) is 0 Å². The molecule has 0 spiro atoms. The summed E-state index contributed by atoms with van der Waals surface area (Å²) in [6.45, 7) is 8.50. The molecule has 0 heterocycles. The minimum atomic E-state index is -1.65. The van der Waals surface area contributed by atoms with E-state index in [4.69, 9.17) is 9.84 Å². The van der Waals surface area contributed by atoms with Crippen LogP contribution in [0.3, 0.4) is 0 Å². The van der Waals surface area contributed by atoms with Gasteiger partial charge in [-0.15, -0.1) is 0 Å². The average molecular weight is 247 g/mol. The number of hydrogen-bond donors (Lipinski definition) is 3. The van der Waals surface area contributed by atoms with Crippen LogP contribution in [-0.4, -0.2) is 40.0 Å². The van der Waals surface area contributed by atoms with E-state index >= 15 is 0 Å². The zero-order chi connectivity index (χ0) is 13.8. The van der Waals surface area contributed by atoms with Crippen molar-refractivity contribution in [2.45, 2.75) is 52.4 Å². The van der Waals surface area contributed by atoms with Gasteiger partial charge in [-0.1, -0.05) is 13.8 Å². The van der Waals surface area contributed by atoms with Crippen molar-refractivity contribution in [2.75, 3.05) is 0 Å². The van der Waals surface area contributed by atoms with Crippen LogP contribution in [0.2, 0.25) is 0 Å². The Morgan fingerprint density at radius 3 is 2.00 bits per heavy atom. The fourth-order valence-corrected chi connectivity index (χ4v) is 1.21. The third-order valence-electron chi connectivity index (χ3n) is 1.99. The summed E-state index contributed by atoms with van der Waals surface area (Å²) in [5.41, 5.74) is -0.667. The number of alkyl carbamates (subject to hydrolysis) is 1. The Labute approximate surface area is 101 Å². The summed E-state index contributed by atoms with van der Waals surface area (Å²) >= 11 is 0. The zero-order valence-electron chi connectivity index (χ0n) is 10.9. The van der Waals surface area contributed by atoms with E-state index in [9.17, 15) is 14.7 Å². The predicted molar refractivity (Wildman–Crippen MR) is 61.6 cm³/mol. The Morgan fingerprint density at radius 2 is 1.71 bits per heavy atom. The molecule has 0 aromatic rings. The van der Waals surface area contributed by atoms with Crippen molar-refractivity contribution in [2.24, 2.45) is 5.92 Å². The van der Waals surface area contributed by atoms with E-state index in [0.717, 1.165) is 0 Å². The summed E-state index contributed by atoms with van der Waals surface area (Å²) in [5.74, 6) is -1.60. The van der Waals surface area contributed by atoms with Gasteiger partial charge in [0.15, 0.2) is 6.10 Å². The van der Waals surface area contributed by atoms with Gasteiger partial charge in [-0.3, -0.25) is 0 Å². The number of carboxylic acid groups (broad SMARTS) is 1. The first-order valence-electron chi connectivity index (χ1n) is 5.45. The van der Waals surface area contributed by atoms with Gasteiger partial charge in [-0.2, -0.15) is 0 Å². The van der Waals surface area contributed by atoms with Crippen LogP contribution in [0, 0.1) is 5.92 Å². The number of ether oxygens (including phenoxy) is 1. The van der Waals surface area contributed by atoms with Gasteiger partial charge in [-0.05, 0) is 26.7 Å². The van der Waals surface area contributed by atoms with Crippen LogP contribution in [0.5, 0.6) is 0 Å². The lowest BCUT2D eigenvalue weighted by atomic mass is 9.99. The number of rotatable bonds is 4. The molecule has 0 aliphatic rings. The zero-order valence-corrected chi connectivity index (χ0v) is 10.9. The summed E-state index contributed by atoms with van der Waals surface area (Å²) in [7, 11) is 0. The third-order valence-corrected chi connectivity index (χ3v) is 1.99. The van der Waals surface area contributed by atoms with E-state index in [1.54, 1.807) is 34.6 Å². The topological polar surface area (TPSA) is 95.9 Å². The highest BCUT2D eigenvalue weighted by atomic mass is 16.6. The van der Waals surface area contributed by atoms with Gasteiger partial charge in [0.1, 0.15) is 5.60 Å². The highest BCUT2D eigenvalue weighted by Crippen LogP contribution is 2.11. The van der Waals surface area contributed by atoms with Crippen molar-refractivity contribution in [1.29, 1.82) is 0 Å². The van der Waals surface area contributed by atoms with Gasteiger partial charge >= 0.3 is 12.1 Å². The molecule has 0 rings (SSSR count). The number of aliphatic hydroxyl groups excluding tert-OH is 1. The molecule has 17 heavy (non-hydrogen) atoms. The summed E-state index contributed by atoms with van der Waals surface area (Å²) in [4.78, 5) is 22.1. The molecule has 6 nitrogen and oxygen atoms in total. The first kappa shape index (κ1) is 15.7. The van der Waals surface area contributed by atoms with E-state index in [0.29, 0.717) is 0 Å². The van der Waals surface area contributed by atoms with E-state index in [1.165, 1.54) is 0 Å². The number of carboxylic acids is 1. The summed E-state index contributed by atoms with van der Waals surface area (Å²) in [6, 6.07) is -0.887. The smallest absolute Gasteiger partial charge is 0.407 e. The fourth-order valence-electron chi connectivity index (χ4n) is 1.21. The monoisotopic (exact) mass is 247 g/mol. The molecule has 2 atom stereocenters. The Kier molecular flexibility index (Phi) is 5.41. The molecule has 0 radical (unpaired) electrons. The molecule has 0 aliphatic heterocycles. The lowest BCUT2D eigenvalue weighted by molar-refractivity contribution is -0.148. The van der Waals surface area contributed by atoms with Gasteiger partial charge < -0.3 is 20.3 Å². The molecule has 0 fully saturated rings. The molecule has 3 N–H and O–H groups in total. The second kappa shape index (κ2) is 5.86. The normalized spacial score (nSPS) is 15.2. The lowest BCUT2D eigenvalue weighted by Gasteiger charge is -2.27. The van der Waals surface area contributed by atoms with Gasteiger partial charge in [0.2, 0.25) is 0 Å². The Balaban J connectivity index is 4.57. The number of carbonyl (C=O) groups is 2. The second-order valence-corrected chi connectivity index (χ2v) is 5.20. The molecule has 6 heteroatoms. The highest BCUT2D eigenvalue weighted by molar-refractivity contribution is 5.75. The molecule has 0 saturated heterocycles. The van der Waals surface area contributed by atoms with Crippen molar-refractivity contribution in [3.05, 3.63) is 0 Å². The van der Waals surface area contributed by atoms with Crippen LogP contribution in [0.25, 0.3) is 0 Å². The van der Waals surface area contributed by atoms with E-state index < -0.39 is 29.8 Å². The Hall–Kier alpha value is -1.30. The second-order valence-electron chi connectivity index (χ2n) is 5.20. The molecule has 0 saturated carbocycles. The first-order chi connectivity index (χ1) is 7.54. The maximum atomic E-state index is 11.5. The maximum absolute atomic E-state index is 11.5. The number of amides is 1. The lowest BCUT2D eigenvalue weighted by Crippen LogP contribution is -2.51. The largest absolute Gasteiger partial charge is 0.479 e. The average Bonchev–Trinajstić information content (AvgIpc) is 2.09. The van der Waals surface area contributed by atoms with Crippen LogP contribution in [-0.2, 0) is 9.53 Å². The molecule has 0 bridgehead atoms. The Morgan fingerprint density at radius 1 is 1.24 bits per heavy atom. The van der Waals surface area contributed by atoms with Crippen LogP contribution in [0.15, 0.2) is 0 Å². The third kappa shape index (κ3) is 6.11. The van der Waals surface area contributed by atoms with Crippen molar-refractivity contribution in [1.82, 2.24) is 5.32 Å². The SMILES string of the molecule is CC(C)C(NC(=O)OC(C)(C)C)C(O)C(=O)O. The van der Waals surface area contributed by atoms with Crippen molar-refractivity contribution < 1.29 is 24.5 Å². The minimum absolute atomic E-state index is 0.228.